The highest BCUT2D eigenvalue weighted by Crippen LogP contribution is 2.19. The van der Waals surface area contributed by atoms with Crippen LogP contribution in [0.1, 0.15) is 11.1 Å². The standard InChI is InChI=1S/C17H14FN3O7/c18-13-5-4-11(8-15(13)21(27)28)7-14(17(23)24)19-16(22)9-10-2-1-3-12(6-10)20(25)26/h1-6,8,14H,7,9H2,(H,19,22)(H,23,24)/t14-/m1/s1. The van der Waals surface area contributed by atoms with Crippen LogP contribution in [0.2, 0.25) is 0 Å². The van der Waals surface area contributed by atoms with Crippen LogP contribution < -0.4 is 5.32 Å². The fourth-order valence-electron chi connectivity index (χ4n) is 2.47. The van der Waals surface area contributed by atoms with Gasteiger partial charge < -0.3 is 10.4 Å². The third-order valence-corrected chi connectivity index (χ3v) is 3.77. The lowest BCUT2D eigenvalue weighted by atomic mass is 10.0. The summed E-state index contributed by atoms with van der Waals surface area (Å²) in [5, 5.41) is 33.1. The van der Waals surface area contributed by atoms with Gasteiger partial charge in [0, 0.05) is 24.6 Å². The highest BCUT2D eigenvalue weighted by Gasteiger charge is 2.23. The Morgan fingerprint density at radius 3 is 2.39 bits per heavy atom. The maximum Gasteiger partial charge on any atom is 0.326 e. The van der Waals surface area contributed by atoms with E-state index < -0.39 is 39.3 Å². The van der Waals surface area contributed by atoms with Gasteiger partial charge in [0.15, 0.2) is 0 Å². The zero-order valence-electron chi connectivity index (χ0n) is 14.2. The van der Waals surface area contributed by atoms with Crippen molar-refractivity contribution in [1.82, 2.24) is 5.32 Å². The molecule has 2 rings (SSSR count). The van der Waals surface area contributed by atoms with E-state index in [0.717, 1.165) is 12.1 Å². The average molecular weight is 391 g/mol. The van der Waals surface area contributed by atoms with Gasteiger partial charge in [-0.05, 0) is 17.2 Å². The molecule has 10 nitrogen and oxygen atoms in total. The van der Waals surface area contributed by atoms with Crippen molar-refractivity contribution in [3.05, 3.63) is 79.6 Å². The molecule has 0 saturated carbocycles. The molecule has 1 atom stereocenters. The maximum atomic E-state index is 13.4. The zero-order valence-corrected chi connectivity index (χ0v) is 14.2. The van der Waals surface area contributed by atoms with Crippen molar-refractivity contribution in [3.63, 3.8) is 0 Å². The minimum Gasteiger partial charge on any atom is -0.480 e. The molecule has 0 unspecified atom stereocenters. The minimum absolute atomic E-state index is 0.149. The molecule has 0 radical (unpaired) electrons. The third kappa shape index (κ3) is 5.30. The topological polar surface area (TPSA) is 153 Å². The van der Waals surface area contributed by atoms with Crippen LogP contribution in [0.5, 0.6) is 0 Å². The number of non-ortho nitro benzene ring substituents is 1. The molecule has 1 amide bonds. The van der Waals surface area contributed by atoms with Gasteiger partial charge in [-0.1, -0.05) is 18.2 Å². The Morgan fingerprint density at radius 2 is 1.79 bits per heavy atom. The first-order valence-electron chi connectivity index (χ1n) is 7.85. The van der Waals surface area contributed by atoms with Crippen LogP contribution in [0.25, 0.3) is 0 Å². The second kappa shape index (κ2) is 8.66. The lowest BCUT2D eigenvalue weighted by Gasteiger charge is -2.15. The van der Waals surface area contributed by atoms with Gasteiger partial charge in [0.1, 0.15) is 6.04 Å². The summed E-state index contributed by atoms with van der Waals surface area (Å²) in [5.41, 5.74) is -0.548. The second-order valence-electron chi connectivity index (χ2n) is 5.81. The Labute approximate surface area is 156 Å². The Bertz CT molecular complexity index is 948. The summed E-state index contributed by atoms with van der Waals surface area (Å²) in [7, 11) is 0. The fourth-order valence-corrected chi connectivity index (χ4v) is 2.47. The number of rotatable bonds is 8. The number of nitrogens with one attached hydrogen (secondary N) is 1. The first-order chi connectivity index (χ1) is 13.2. The number of nitrogens with zero attached hydrogens (tertiary/aromatic N) is 2. The summed E-state index contributed by atoms with van der Waals surface area (Å²) < 4.78 is 13.4. The molecule has 0 aromatic heterocycles. The summed E-state index contributed by atoms with van der Waals surface area (Å²) in [4.78, 5) is 43.5. The van der Waals surface area contributed by atoms with Crippen molar-refractivity contribution in [2.45, 2.75) is 18.9 Å². The van der Waals surface area contributed by atoms with E-state index in [1.165, 1.54) is 30.3 Å². The Hall–Kier alpha value is -3.89. The van der Waals surface area contributed by atoms with Crippen LogP contribution in [0.4, 0.5) is 15.8 Å². The van der Waals surface area contributed by atoms with E-state index in [4.69, 9.17) is 0 Å². The molecule has 146 valence electrons. The number of carboxylic acids is 1. The molecular weight excluding hydrogens is 377 g/mol. The van der Waals surface area contributed by atoms with Crippen molar-refractivity contribution in [3.8, 4) is 0 Å². The van der Waals surface area contributed by atoms with Gasteiger partial charge in [0.05, 0.1) is 16.3 Å². The van der Waals surface area contributed by atoms with E-state index in [1.54, 1.807) is 0 Å². The van der Waals surface area contributed by atoms with E-state index in [-0.39, 0.29) is 24.1 Å². The van der Waals surface area contributed by atoms with Crippen LogP contribution in [0.3, 0.4) is 0 Å². The number of halogens is 1. The highest BCUT2D eigenvalue weighted by molar-refractivity contribution is 5.85. The van der Waals surface area contributed by atoms with Gasteiger partial charge in [-0.25, -0.2) is 4.79 Å². The van der Waals surface area contributed by atoms with E-state index in [0.29, 0.717) is 5.56 Å². The van der Waals surface area contributed by atoms with Gasteiger partial charge in [0.25, 0.3) is 5.69 Å². The molecule has 2 aromatic rings. The molecule has 0 aliphatic rings. The van der Waals surface area contributed by atoms with Crippen molar-refractivity contribution >= 4 is 23.3 Å². The Morgan fingerprint density at radius 1 is 1.07 bits per heavy atom. The predicted molar refractivity (Wildman–Crippen MR) is 93.1 cm³/mol. The van der Waals surface area contributed by atoms with Gasteiger partial charge in [0.2, 0.25) is 11.7 Å². The molecule has 2 N–H and O–H groups in total. The first kappa shape index (κ1) is 20.4. The number of benzene rings is 2. The number of carboxylic acid groups (broad SMARTS) is 1. The van der Waals surface area contributed by atoms with Gasteiger partial charge in [-0.3, -0.25) is 25.0 Å². The van der Waals surface area contributed by atoms with E-state index >= 15 is 0 Å². The van der Waals surface area contributed by atoms with Crippen molar-refractivity contribution in [2.75, 3.05) is 0 Å². The summed E-state index contributed by atoms with van der Waals surface area (Å²) >= 11 is 0. The van der Waals surface area contributed by atoms with E-state index in [2.05, 4.69) is 5.32 Å². The monoisotopic (exact) mass is 391 g/mol. The van der Waals surface area contributed by atoms with Gasteiger partial charge in [-0.2, -0.15) is 4.39 Å². The molecule has 0 bridgehead atoms. The SMILES string of the molecule is O=C(Cc1cccc([N+](=O)[O-])c1)N[C@H](Cc1ccc(F)c([N+](=O)[O-])c1)C(=O)O. The van der Waals surface area contributed by atoms with Crippen LogP contribution in [0.15, 0.2) is 42.5 Å². The summed E-state index contributed by atoms with van der Waals surface area (Å²) in [6, 6.07) is 6.83. The lowest BCUT2D eigenvalue weighted by Crippen LogP contribution is -2.43. The summed E-state index contributed by atoms with van der Waals surface area (Å²) in [6.07, 6.45) is -0.605. The van der Waals surface area contributed by atoms with Crippen LogP contribution in [-0.2, 0) is 22.4 Å². The number of carbonyl (C=O) groups is 2. The molecule has 0 fully saturated rings. The summed E-state index contributed by atoms with van der Waals surface area (Å²) in [6.45, 7) is 0. The highest BCUT2D eigenvalue weighted by atomic mass is 19.1. The normalized spacial score (nSPS) is 11.5. The maximum absolute atomic E-state index is 13.4. The van der Waals surface area contributed by atoms with Crippen LogP contribution in [0, 0.1) is 26.0 Å². The largest absolute Gasteiger partial charge is 0.480 e. The lowest BCUT2D eigenvalue weighted by molar-refractivity contribution is -0.387. The van der Waals surface area contributed by atoms with E-state index in [9.17, 15) is 39.3 Å². The van der Waals surface area contributed by atoms with Crippen molar-refractivity contribution in [2.24, 2.45) is 0 Å². The van der Waals surface area contributed by atoms with Crippen molar-refractivity contribution < 1.29 is 28.9 Å². The number of hydrogen-bond acceptors (Lipinski definition) is 6. The van der Waals surface area contributed by atoms with Gasteiger partial charge >= 0.3 is 11.7 Å². The van der Waals surface area contributed by atoms with Crippen LogP contribution >= 0.6 is 0 Å². The van der Waals surface area contributed by atoms with Gasteiger partial charge in [-0.15, -0.1) is 0 Å². The van der Waals surface area contributed by atoms with Crippen LogP contribution in [-0.4, -0.2) is 32.9 Å². The molecular formula is C17H14FN3O7. The first-order valence-corrected chi connectivity index (χ1v) is 7.85. The Balaban J connectivity index is 2.10. The molecule has 0 saturated heterocycles. The molecule has 2 aromatic carbocycles. The number of amides is 1. The Kier molecular flexibility index (Phi) is 6.32. The molecule has 11 heteroatoms. The molecule has 0 heterocycles. The number of aliphatic carboxylic acids is 1. The molecule has 0 spiro atoms. The third-order valence-electron chi connectivity index (χ3n) is 3.77. The average Bonchev–Trinajstić information content (AvgIpc) is 2.62. The second-order valence-corrected chi connectivity index (χ2v) is 5.81. The smallest absolute Gasteiger partial charge is 0.326 e. The van der Waals surface area contributed by atoms with Crippen molar-refractivity contribution in [1.29, 1.82) is 0 Å². The molecule has 0 aliphatic carbocycles. The quantitative estimate of drug-likeness (QED) is 0.515. The fraction of sp³-hybridized carbons (Fsp3) is 0.176. The number of nitro benzene ring substituents is 2. The number of hydrogen-bond donors (Lipinski definition) is 2. The number of nitro groups is 2. The predicted octanol–water partition coefficient (Wildman–Crippen LogP) is 2.00. The van der Waals surface area contributed by atoms with E-state index in [1.807, 2.05) is 0 Å². The minimum atomic E-state index is -1.42. The zero-order chi connectivity index (χ0) is 20.8. The summed E-state index contributed by atoms with van der Waals surface area (Å²) in [5.74, 6) is -3.15. The number of carbonyl (C=O) groups excluding carboxylic acids is 1. The molecule has 28 heavy (non-hydrogen) atoms. The molecule has 0 aliphatic heterocycles.